The number of amides is 2. The van der Waals surface area contributed by atoms with Gasteiger partial charge in [-0.3, -0.25) is 10.00 Å². The number of aliphatic hydroxyl groups is 1. The lowest BCUT2D eigenvalue weighted by Crippen LogP contribution is -2.43. The maximum atomic E-state index is 12.2. The average molecular weight is 323 g/mol. The molecule has 1 aliphatic carbocycles. The normalized spacial score (nSPS) is 21.9. The Morgan fingerprint density at radius 3 is 2.91 bits per heavy atom. The van der Waals surface area contributed by atoms with E-state index in [2.05, 4.69) is 20.6 Å². The zero-order chi connectivity index (χ0) is 16.7. The van der Waals surface area contributed by atoms with Crippen molar-refractivity contribution in [2.24, 2.45) is 5.92 Å². The van der Waals surface area contributed by atoms with Gasteiger partial charge in [0.2, 0.25) is 0 Å². The Morgan fingerprint density at radius 2 is 2.17 bits per heavy atom. The summed E-state index contributed by atoms with van der Waals surface area (Å²) in [6, 6.07) is 1.60. The van der Waals surface area contributed by atoms with Gasteiger partial charge in [-0.25, -0.2) is 4.79 Å². The van der Waals surface area contributed by atoms with Crippen LogP contribution in [0.1, 0.15) is 32.1 Å². The molecule has 2 unspecified atom stereocenters. The number of hydrogen-bond donors (Lipinski definition) is 3. The molecule has 2 atom stereocenters. The highest BCUT2D eigenvalue weighted by Gasteiger charge is 2.24. The van der Waals surface area contributed by atoms with Gasteiger partial charge >= 0.3 is 6.03 Å². The maximum absolute atomic E-state index is 12.2. The number of aromatic nitrogens is 2. The van der Waals surface area contributed by atoms with Gasteiger partial charge in [0.15, 0.2) is 5.82 Å². The zero-order valence-electron chi connectivity index (χ0n) is 14.2. The number of carbonyl (C=O) groups is 1. The molecule has 7 nitrogen and oxygen atoms in total. The van der Waals surface area contributed by atoms with Crippen molar-refractivity contribution in [3.8, 4) is 0 Å². The molecule has 2 rings (SSSR count). The fourth-order valence-corrected chi connectivity index (χ4v) is 2.97. The third-order valence-electron chi connectivity index (χ3n) is 4.37. The van der Waals surface area contributed by atoms with Crippen LogP contribution in [0.15, 0.2) is 12.3 Å². The molecule has 1 saturated carbocycles. The van der Waals surface area contributed by atoms with Crippen molar-refractivity contribution in [1.29, 1.82) is 0 Å². The molecule has 2 amide bonds. The fourth-order valence-electron chi connectivity index (χ4n) is 2.97. The Morgan fingerprint density at radius 1 is 1.39 bits per heavy atom. The number of nitrogens with one attached hydrogen (secondary N) is 2. The first-order valence-corrected chi connectivity index (χ1v) is 8.45. The quantitative estimate of drug-likeness (QED) is 0.693. The minimum Gasteiger partial charge on any atom is -0.396 e. The van der Waals surface area contributed by atoms with Gasteiger partial charge in [-0.1, -0.05) is 19.3 Å². The van der Waals surface area contributed by atoms with E-state index >= 15 is 0 Å². The van der Waals surface area contributed by atoms with E-state index in [-0.39, 0.29) is 24.6 Å². The Balaban J connectivity index is 1.83. The molecule has 0 aliphatic heterocycles. The van der Waals surface area contributed by atoms with Crippen molar-refractivity contribution >= 4 is 11.8 Å². The number of aliphatic hydroxyl groups excluding tert-OH is 1. The number of hydrogen-bond acceptors (Lipinski definition) is 4. The predicted molar refractivity (Wildman–Crippen MR) is 90.4 cm³/mol. The Hall–Kier alpha value is -1.60. The highest BCUT2D eigenvalue weighted by molar-refractivity contribution is 5.88. The predicted octanol–water partition coefficient (Wildman–Crippen LogP) is 1.51. The van der Waals surface area contributed by atoms with Crippen molar-refractivity contribution < 1.29 is 9.90 Å². The molecule has 1 aromatic heterocycles. The lowest BCUT2D eigenvalue weighted by molar-refractivity contribution is 0.182. The summed E-state index contributed by atoms with van der Waals surface area (Å²) in [5, 5.41) is 19.6. The second kappa shape index (κ2) is 8.88. The summed E-state index contributed by atoms with van der Waals surface area (Å²) in [5.74, 6) is 0.705. The van der Waals surface area contributed by atoms with Gasteiger partial charge in [0, 0.05) is 37.4 Å². The standard InChI is InChI=1S/C16H29N5O2/c1-20(2)10-11-21-9-8-15(19-21)18-16(23)17-14-7-5-3-4-6-13(14)12-22/h8-9,13-14,22H,3-7,10-12H2,1-2H3,(H2,17,18,19,23). The van der Waals surface area contributed by atoms with Crippen LogP contribution in [-0.4, -0.2) is 59.1 Å². The van der Waals surface area contributed by atoms with E-state index in [1.54, 1.807) is 6.07 Å². The summed E-state index contributed by atoms with van der Waals surface area (Å²) in [6.07, 6.45) is 7.16. The van der Waals surface area contributed by atoms with Gasteiger partial charge in [-0.2, -0.15) is 5.10 Å². The first-order chi connectivity index (χ1) is 11.1. The van der Waals surface area contributed by atoms with Crippen molar-refractivity contribution in [3.05, 3.63) is 12.3 Å². The van der Waals surface area contributed by atoms with Crippen molar-refractivity contribution in [3.63, 3.8) is 0 Å². The SMILES string of the molecule is CN(C)CCn1ccc(NC(=O)NC2CCCCCC2CO)n1. The molecule has 1 heterocycles. The summed E-state index contributed by atoms with van der Waals surface area (Å²) in [5.41, 5.74) is 0. The van der Waals surface area contributed by atoms with Gasteiger partial charge in [0.05, 0.1) is 6.54 Å². The molecule has 7 heteroatoms. The van der Waals surface area contributed by atoms with Gasteiger partial charge in [-0.15, -0.1) is 0 Å². The molecular formula is C16H29N5O2. The molecule has 0 saturated heterocycles. The van der Waals surface area contributed by atoms with Gasteiger partial charge < -0.3 is 15.3 Å². The van der Waals surface area contributed by atoms with Gasteiger partial charge in [0.1, 0.15) is 0 Å². The van der Waals surface area contributed by atoms with Crippen LogP contribution in [0.3, 0.4) is 0 Å². The maximum Gasteiger partial charge on any atom is 0.320 e. The van der Waals surface area contributed by atoms with E-state index in [1.807, 2.05) is 25.0 Å². The fraction of sp³-hybridized carbons (Fsp3) is 0.750. The minimum atomic E-state index is -0.242. The monoisotopic (exact) mass is 323 g/mol. The first kappa shape index (κ1) is 17.7. The third kappa shape index (κ3) is 5.84. The summed E-state index contributed by atoms with van der Waals surface area (Å²) >= 11 is 0. The number of nitrogens with zero attached hydrogens (tertiary/aromatic N) is 3. The van der Waals surface area contributed by atoms with Crippen LogP contribution in [0.4, 0.5) is 10.6 Å². The molecular weight excluding hydrogens is 294 g/mol. The third-order valence-corrected chi connectivity index (χ3v) is 4.37. The van der Waals surface area contributed by atoms with Crippen LogP contribution in [0.25, 0.3) is 0 Å². The van der Waals surface area contributed by atoms with Gasteiger partial charge in [0.25, 0.3) is 0 Å². The highest BCUT2D eigenvalue weighted by atomic mass is 16.3. The minimum absolute atomic E-state index is 0.0401. The van der Waals surface area contributed by atoms with E-state index in [4.69, 9.17) is 0 Å². The molecule has 23 heavy (non-hydrogen) atoms. The highest BCUT2D eigenvalue weighted by Crippen LogP contribution is 2.23. The molecule has 0 spiro atoms. The summed E-state index contributed by atoms with van der Waals surface area (Å²) in [6.45, 7) is 1.81. The number of urea groups is 1. The summed E-state index contributed by atoms with van der Waals surface area (Å²) in [7, 11) is 4.03. The number of rotatable bonds is 6. The van der Waals surface area contributed by atoms with Crippen molar-refractivity contribution in [2.75, 3.05) is 32.6 Å². The lowest BCUT2D eigenvalue weighted by atomic mass is 9.96. The number of carbonyl (C=O) groups excluding carboxylic acids is 1. The van der Waals surface area contributed by atoms with E-state index in [0.717, 1.165) is 38.8 Å². The average Bonchev–Trinajstić information content (AvgIpc) is 2.83. The van der Waals surface area contributed by atoms with Crippen LogP contribution in [0.2, 0.25) is 0 Å². The van der Waals surface area contributed by atoms with Crippen molar-refractivity contribution in [2.45, 2.75) is 44.7 Å². The van der Waals surface area contributed by atoms with E-state index in [9.17, 15) is 9.90 Å². The second-order valence-corrected chi connectivity index (χ2v) is 6.55. The summed E-state index contributed by atoms with van der Waals surface area (Å²) in [4.78, 5) is 14.3. The largest absolute Gasteiger partial charge is 0.396 e. The van der Waals surface area contributed by atoms with Crippen LogP contribution >= 0.6 is 0 Å². The number of likely N-dealkylation sites (N-methyl/N-ethyl adjacent to an activating group) is 1. The Bertz CT molecular complexity index is 489. The molecule has 1 fully saturated rings. The first-order valence-electron chi connectivity index (χ1n) is 8.45. The molecule has 1 aliphatic rings. The second-order valence-electron chi connectivity index (χ2n) is 6.55. The van der Waals surface area contributed by atoms with E-state index in [0.29, 0.717) is 5.82 Å². The lowest BCUT2D eigenvalue weighted by Gasteiger charge is -2.24. The molecule has 130 valence electrons. The molecule has 1 aromatic rings. The van der Waals surface area contributed by atoms with Gasteiger partial charge in [-0.05, 0) is 26.9 Å². The summed E-state index contributed by atoms with van der Waals surface area (Å²) < 4.78 is 1.82. The molecule has 3 N–H and O–H groups in total. The van der Waals surface area contributed by atoms with Crippen LogP contribution in [0, 0.1) is 5.92 Å². The zero-order valence-corrected chi connectivity index (χ0v) is 14.2. The molecule has 0 radical (unpaired) electrons. The number of anilines is 1. The Kier molecular flexibility index (Phi) is 6.85. The Labute approximate surface area is 138 Å². The van der Waals surface area contributed by atoms with E-state index in [1.165, 1.54) is 6.42 Å². The van der Waals surface area contributed by atoms with Crippen molar-refractivity contribution in [1.82, 2.24) is 20.0 Å². The molecule has 0 bridgehead atoms. The van der Waals surface area contributed by atoms with Crippen LogP contribution in [0.5, 0.6) is 0 Å². The topological polar surface area (TPSA) is 82.4 Å². The van der Waals surface area contributed by atoms with Crippen LogP contribution in [-0.2, 0) is 6.54 Å². The smallest absolute Gasteiger partial charge is 0.320 e. The molecule has 0 aromatic carbocycles. The van der Waals surface area contributed by atoms with E-state index < -0.39 is 0 Å². The van der Waals surface area contributed by atoms with Crippen LogP contribution < -0.4 is 10.6 Å².